The van der Waals surface area contributed by atoms with E-state index in [2.05, 4.69) is 19.2 Å². The molecule has 0 unspecified atom stereocenters. The zero-order valence-electron chi connectivity index (χ0n) is 15.4. The average Bonchev–Trinajstić information content (AvgIpc) is 2.62. The Morgan fingerprint density at radius 1 is 1.20 bits per heavy atom. The first-order valence-corrected chi connectivity index (χ1v) is 10.4. The van der Waals surface area contributed by atoms with Gasteiger partial charge in [-0.1, -0.05) is 32.9 Å². The standard InChI is InChI=1S/C18H29N3O3S/c1-4-21(12-9-18(22)20-13-10-19-11-14-20)25(23,24)17-7-5-16(6-8-17)15(2)3/h5-8,15,19H,4,9-14H2,1-3H3. The molecule has 140 valence electrons. The normalized spacial score (nSPS) is 15.8. The Kier molecular flexibility index (Phi) is 6.98. The molecule has 1 heterocycles. The molecule has 1 N–H and O–H groups in total. The number of sulfonamides is 1. The molecule has 1 saturated heterocycles. The fraction of sp³-hybridized carbons (Fsp3) is 0.611. The van der Waals surface area contributed by atoms with E-state index in [0.717, 1.165) is 18.7 Å². The number of carbonyl (C=O) groups excluding carboxylic acids is 1. The number of nitrogens with one attached hydrogen (secondary N) is 1. The fourth-order valence-electron chi connectivity index (χ4n) is 2.91. The van der Waals surface area contributed by atoms with Crippen LogP contribution in [0.2, 0.25) is 0 Å². The minimum Gasteiger partial charge on any atom is -0.340 e. The van der Waals surface area contributed by atoms with Gasteiger partial charge in [-0.2, -0.15) is 4.31 Å². The Balaban J connectivity index is 2.03. The molecule has 0 radical (unpaired) electrons. The summed E-state index contributed by atoms with van der Waals surface area (Å²) in [7, 11) is -3.57. The number of carbonyl (C=O) groups is 1. The summed E-state index contributed by atoms with van der Waals surface area (Å²) in [4.78, 5) is 14.4. The zero-order chi connectivity index (χ0) is 18.4. The van der Waals surface area contributed by atoms with Crippen molar-refractivity contribution in [3.63, 3.8) is 0 Å². The van der Waals surface area contributed by atoms with Crippen LogP contribution in [-0.4, -0.2) is 62.8 Å². The van der Waals surface area contributed by atoms with Gasteiger partial charge in [-0.3, -0.25) is 4.79 Å². The van der Waals surface area contributed by atoms with Crippen molar-refractivity contribution < 1.29 is 13.2 Å². The molecule has 0 bridgehead atoms. The lowest BCUT2D eigenvalue weighted by atomic mass is 10.0. The third kappa shape index (κ3) is 5.03. The molecule has 1 fully saturated rings. The highest BCUT2D eigenvalue weighted by molar-refractivity contribution is 7.89. The molecule has 1 aromatic carbocycles. The summed E-state index contributed by atoms with van der Waals surface area (Å²) >= 11 is 0. The molecule has 2 rings (SSSR count). The second-order valence-electron chi connectivity index (χ2n) is 6.60. The highest BCUT2D eigenvalue weighted by Gasteiger charge is 2.25. The lowest BCUT2D eigenvalue weighted by Crippen LogP contribution is -2.47. The van der Waals surface area contributed by atoms with Crippen LogP contribution in [-0.2, 0) is 14.8 Å². The summed E-state index contributed by atoms with van der Waals surface area (Å²) in [6, 6.07) is 7.03. The van der Waals surface area contributed by atoms with Crippen LogP contribution in [0.3, 0.4) is 0 Å². The molecule has 6 nitrogen and oxygen atoms in total. The third-order valence-corrected chi connectivity index (χ3v) is 6.57. The fourth-order valence-corrected chi connectivity index (χ4v) is 4.36. The quantitative estimate of drug-likeness (QED) is 0.795. The summed E-state index contributed by atoms with van der Waals surface area (Å²) in [6.45, 7) is 9.48. The molecule has 0 aliphatic carbocycles. The first-order chi connectivity index (χ1) is 11.9. The molecule has 1 aromatic rings. The minimum atomic E-state index is -3.57. The van der Waals surface area contributed by atoms with Crippen molar-refractivity contribution in [1.29, 1.82) is 0 Å². The molecule has 1 aliphatic heterocycles. The topological polar surface area (TPSA) is 69.7 Å². The number of hydrogen-bond acceptors (Lipinski definition) is 4. The van der Waals surface area contributed by atoms with Crippen molar-refractivity contribution in [2.24, 2.45) is 0 Å². The van der Waals surface area contributed by atoms with Crippen LogP contribution in [0.4, 0.5) is 0 Å². The summed E-state index contributed by atoms with van der Waals surface area (Å²) in [5.41, 5.74) is 1.11. The van der Waals surface area contributed by atoms with Crippen LogP contribution < -0.4 is 5.32 Å². The van der Waals surface area contributed by atoms with Crippen molar-refractivity contribution in [3.8, 4) is 0 Å². The smallest absolute Gasteiger partial charge is 0.243 e. The molecule has 1 aliphatic rings. The van der Waals surface area contributed by atoms with Gasteiger partial charge in [-0.05, 0) is 23.6 Å². The number of amides is 1. The highest BCUT2D eigenvalue weighted by Crippen LogP contribution is 2.20. The number of nitrogens with zero attached hydrogens (tertiary/aromatic N) is 2. The number of rotatable bonds is 7. The maximum absolute atomic E-state index is 12.8. The molecule has 0 saturated carbocycles. The highest BCUT2D eigenvalue weighted by atomic mass is 32.2. The SMILES string of the molecule is CCN(CCC(=O)N1CCNCC1)S(=O)(=O)c1ccc(C(C)C)cc1. The van der Waals surface area contributed by atoms with Crippen molar-refractivity contribution in [1.82, 2.24) is 14.5 Å². The second kappa shape index (κ2) is 8.78. The van der Waals surface area contributed by atoms with Crippen LogP contribution in [0.25, 0.3) is 0 Å². The Morgan fingerprint density at radius 2 is 1.80 bits per heavy atom. The first-order valence-electron chi connectivity index (χ1n) is 8.95. The maximum Gasteiger partial charge on any atom is 0.243 e. The molecule has 0 spiro atoms. The van der Waals surface area contributed by atoms with E-state index >= 15 is 0 Å². The molecular formula is C18H29N3O3S. The van der Waals surface area contributed by atoms with E-state index < -0.39 is 10.0 Å². The molecule has 0 atom stereocenters. The van der Waals surface area contributed by atoms with Gasteiger partial charge in [0, 0.05) is 45.7 Å². The number of benzene rings is 1. The van der Waals surface area contributed by atoms with Crippen LogP contribution in [0.15, 0.2) is 29.2 Å². The van der Waals surface area contributed by atoms with Gasteiger partial charge in [0.2, 0.25) is 15.9 Å². The van der Waals surface area contributed by atoms with Crippen molar-refractivity contribution >= 4 is 15.9 Å². The summed E-state index contributed by atoms with van der Waals surface area (Å²) in [5, 5.41) is 3.20. The Bertz CT molecular complexity index is 665. The van der Waals surface area contributed by atoms with Gasteiger partial charge in [-0.25, -0.2) is 8.42 Å². The van der Waals surface area contributed by atoms with Gasteiger partial charge in [-0.15, -0.1) is 0 Å². The van der Waals surface area contributed by atoms with Gasteiger partial charge in [0.15, 0.2) is 0 Å². The van der Waals surface area contributed by atoms with Gasteiger partial charge >= 0.3 is 0 Å². The monoisotopic (exact) mass is 367 g/mol. The summed E-state index contributed by atoms with van der Waals surface area (Å²) < 4.78 is 27.0. The van der Waals surface area contributed by atoms with Crippen LogP contribution in [0, 0.1) is 0 Å². The van der Waals surface area contributed by atoms with Gasteiger partial charge in [0.1, 0.15) is 0 Å². The Labute approximate surface area is 151 Å². The molecule has 25 heavy (non-hydrogen) atoms. The summed E-state index contributed by atoms with van der Waals surface area (Å²) in [5.74, 6) is 0.376. The zero-order valence-corrected chi connectivity index (χ0v) is 16.2. The average molecular weight is 368 g/mol. The lowest BCUT2D eigenvalue weighted by molar-refractivity contribution is -0.131. The van der Waals surface area contributed by atoms with Crippen LogP contribution in [0.5, 0.6) is 0 Å². The number of piperazine rings is 1. The van der Waals surface area contributed by atoms with E-state index in [4.69, 9.17) is 0 Å². The van der Waals surface area contributed by atoms with Gasteiger partial charge in [0.25, 0.3) is 0 Å². The largest absolute Gasteiger partial charge is 0.340 e. The van der Waals surface area contributed by atoms with E-state index in [1.807, 2.05) is 12.1 Å². The van der Waals surface area contributed by atoms with Crippen LogP contribution >= 0.6 is 0 Å². The van der Waals surface area contributed by atoms with E-state index in [9.17, 15) is 13.2 Å². The van der Waals surface area contributed by atoms with Gasteiger partial charge in [0.05, 0.1) is 4.90 Å². The van der Waals surface area contributed by atoms with Crippen LogP contribution in [0.1, 0.15) is 38.7 Å². The Morgan fingerprint density at radius 3 is 2.32 bits per heavy atom. The molecular weight excluding hydrogens is 338 g/mol. The summed E-state index contributed by atoms with van der Waals surface area (Å²) in [6.07, 6.45) is 0.219. The van der Waals surface area contributed by atoms with Crippen molar-refractivity contribution in [2.75, 3.05) is 39.3 Å². The molecule has 7 heteroatoms. The third-order valence-electron chi connectivity index (χ3n) is 4.58. The lowest BCUT2D eigenvalue weighted by Gasteiger charge is -2.28. The Hall–Kier alpha value is -1.44. The predicted molar refractivity (Wildman–Crippen MR) is 99.0 cm³/mol. The molecule has 1 amide bonds. The minimum absolute atomic E-state index is 0.0188. The van der Waals surface area contributed by atoms with E-state index in [1.165, 1.54) is 4.31 Å². The van der Waals surface area contributed by atoms with Crippen molar-refractivity contribution in [3.05, 3.63) is 29.8 Å². The molecule has 0 aromatic heterocycles. The van der Waals surface area contributed by atoms with E-state index in [0.29, 0.717) is 25.6 Å². The number of hydrogen-bond donors (Lipinski definition) is 1. The maximum atomic E-state index is 12.8. The van der Waals surface area contributed by atoms with Crippen molar-refractivity contribution in [2.45, 2.75) is 38.0 Å². The second-order valence-corrected chi connectivity index (χ2v) is 8.54. The van der Waals surface area contributed by atoms with E-state index in [-0.39, 0.29) is 23.8 Å². The predicted octanol–water partition coefficient (Wildman–Crippen LogP) is 1.64. The van der Waals surface area contributed by atoms with E-state index in [1.54, 1.807) is 24.0 Å². The first kappa shape index (κ1) is 19.9. The van der Waals surface area contributed by atoms with Gasteiger partial charge < -0.3 is 10.2 Å².